The van der Waals surface area contributed by atoms with E-state index in [1.165, 1.54) is 11.1 Å². The normalized spacial score (nSPS) is 12.7. The lowest BCUT2D eigenvalue weighted by Gasteiger charge is -2.08. The van der Waals surface area contributed by atoms with Gasteiger partial charge in [0.25, 0.3) is 0 Å². The van der Waals surface area contributed by atoms with Crippen molar-refractivity contribution in [2.45, 2.75) is 19.9 Å². The highest BCUT2D eigenvalue weighted by atomic mass is 32.2. The third-order valence-electron chi connectivity index (χ3n) is 2.38. The number of aryl methyl sites for hydroxylation is 1. The van der Waals surface area contributed by atoms with Crippen molar-refractivity contribution in [2.24, 2.45) is 0 Å². The Morgan fingerprint density at radius 3 is 2.53 bits per heavy atom. The number of nitrogens with one attached hydrogen (secondary N) is 1. The molecule has 0 fully saturated rings. The molecule has 0 radical (unpaired) electrons. The van der Waals surface area contributed by atoms with Crippen LogP contribution in [0.2, 0.25) is 0 Å². The Morgan fingerprint density at radius 2 is 1.93 bits per heavy atom. The lowest BCUT2D eigenvalue weighted by atomic mass is 10.1. The van der Waals surface area contributed by atoms with Gasteiger partial charge in [0, 0.05) is 35.9 Å². The minimum atomic E-state index is -0.693. The molecule has 0 aliphatic rings. The Kier molecular flexibility index (Phi) is 5.58. The Bertz CT molecular complexity index is 325. The first-order valence-electron chi connectivity index (χ1n) is 5.31. The maximum Gasteiger partial charge on any atom is 0.0357 e. The van der Waals surface area contributed by atoms with E-state index >= 15 is 0 Å². The van der Waals surface area contributed by atoms with Gasteiger partial charge in [0.15, 0.2) is 0 Å². The Hall–Kier alpha value is -0.670. The van der Waals surface area contributed by atoms with Crippen LogP contribution in [0.1, 0.15) is 18.1 Å². The van der Waals surface area contributed by atoms with Crippen molar-refractivity contribution in [1.82, 2.24) is 5.32 Å². The lowest BCUT2D eigenvalue weighted by Crippen LogP contribution is -2.20. The first-order valence-corrected chi connectivity index (χ1v) is 7.04. The fourth-order valence-electron chi connectivity index (χ4n) is 1.51. The van der Waals surface area contributed by atoms with Crippen LogP contribution in [0.25, 0.3) is 0 Å². The molecule has 84 valence electrons. The van der Waals surface area contributed by atoms with E-state index in [1.807, 2.05) is 0 Å². The average molecular weight is 225 g/mol. The Morgan fingerprint density at radius 1 is 1.27 bits per heavy atom. The zero-order valence-electron chi connectivity index (χ0n) is 9.45. The van der Waals surface area contributed by atoms with Gasteiger partial charge in [0.1, 0.15) is 0 Å². The minimum absolute atomic E-state index is 0.693. The molecule has 1 atom stereocenters. The largest absolute Gasteiger partial charge is 0.312 e. The summed E-state index contributed by atoms with van der Waals surface area (Å²) in [5.74, 6) is 0.730. The fraction of sp³-hybridized carbons (Fsp3) is 0.500. The quantitative estimate of drug-likeness (QED) is 0.747. The summed E-state index contributed by atoms with van der Waals surface area (Å²) < 4.78 is 10.8. The van der Waals surface area contributed by atoms with E-state index in [9.17, 15) is 4.21 Å². The van der Waals surface area contributed by atoms with E-state index in [1.54, 1.807) is 6.26 Å². The maximum atomic E-state index is 10.8. The van der Waals surface area contributed by atoms with Crippen molar-refractivity contribution in [3.8, 4) is 0 Å². The molecule has 0 bridgehead atoms. The topological polar surface area (TPSA) is 29.1 Å². The molecule has 0 aliphatic heterocycles. The second-order valence-corrected chi connectivity index (χ2v) is 5.13. The molecule has 0 heterocycles. The number of hydrogen-bond donors (Lipinski definition) is 1. The molecular formula is C12H19NOS. The maximum absolute atomic E-state index is 10.8. The zero-order chi connectivity index (χ0) is 11.1. The predicted octanol–water partition coefficient (Wildman–Crippen LogP) is 1.72. The van der Waals surface area contributed by atoms with Gasteiger partial charge in [0.05, 0.1) is 0 Å². The Balaban J connectivity index is 2.39. The van der Waals surface area contributed by atoms with E-state index < -0.39 is 10.8 Å². The van der Waals surface area contributed by atoms with Crippen molar-refractivity contribution in [3.63, 3.8) is 0 Å². The summed E-state index contributed by atoms with van der Waals surface area (Å²) in [6, 6.07) is 8.45. The fourth-order valence-corrected chi connectivity index (χ4v) is 1.95. The average Bonchev–Trinajstić information content (AvgIpc) is 2.24. The molecule has 1 aromatic carbocycles. The van der Waals surface area contributed by atoms with Gasteiger partial charge >= 0.3 is 0 Å². The molecule has 0 saturated carbocycles. The monoisotopic (exact) mass is 225 g/mol. The molecule has 2 nitrogen and oxygen atoms in total. The summed E-state index contributed by atoms with van der Waals surface area (Å²) in [5.41, 5.74) is 2.74. The van der Waals surface area contributed by atoms with Crippen LogP contribution >= 0.6 is 0 Å². The molecule has 1 N–H and O–H groups in total. The van der Waals surface area contributed by atoms with Crippen LogP contribution in [0.4, 0.5) is 0 Å². The van der Waals surface area contributed by atoms with Gasteiger partial charge < -0.3 is 5.32 Å². The van der Waals surface area contributed by atoms with Crippen molar-refractivity contribution in [3.05, 3.63) is 35.4 Å². The van der Waals surface area contributed by atoms with Crippen LogP contribution in [-0.2, 0) is 23.8 Å². The van der Waals surface area contributed by atoms with E-state index in [0.717, 1.165) is 25.3 Å². The number of hydrogen-bond acceptors (Lipinski definition) is 2. The standard InChI is InChI=1S/C12H19NOS/c1-3-11-6-4-5-7-12(11)10-13-8-9-15(2)14/h4-7,13H,3,8-10H2,1-2H3. The van der Waals surface area contributed by atoms with Gasteiger partial charge in [-0.1, -0.05) is 31.2 Å². The molecule has 3 heteroatoms. The van der Waals surface area contributed by atoms with Crippen molar-refractivity contribution >= 4 is 10.8 Å². The van der Waals surface area contributed by atoms with Crippen LogP contribution in [0, 0.1) is 0 Å². The molecule has 1 unspecified atom stereocenters. The first-order chi connectivity index (χ1) is 7.24. The highest BCUT2D eigenvalue weighted by Gasteiger charge is 1.98. The van der Waals surface area contributed by atoms with E-state index in [0.29, 0.717) is 0 Å². The molecule has 0 aliphatic carbocycles. The van der Waals surface area contributed by atoms with E-state index in [2.05, 4.69) is 36.5 Å². The summed E-state index contributed by atoms with van der Waals surface area (Å²) in [4.78, 5) is 0. The molecule has 0 spiro atoms. The SMILES string of the molecule is CCc1ccccc1CNCCS(C)=O. The van der Waals surface area contributed by atoms with Crippen LogP contribution in [0.5, 0.6) is 0 Å². The molecule has 1 rings (SSSR count). The van der Waals surface area contributed by atoms with Gasteiger partial charge in [0.2, 0.25) is 0 Å². The first kappa shape index (κ1) is 12.4. The van der Waals surface area contributed by atoms with Crippen molar-refractivity contribution < 1.29 is 4.21 Å². The van der Waals surface area contributed by atoms with Crippen LogP contribution in [0.15, 0.2) is 24.3 Å². The highest BCUT2D eigenvalue weighted by molar-refractivity contribution is 7.84. The van der Waals surface area contributed by atoms with Gasteiger partial charge in [-0.2, -0.15) is 0 Å². The molecular weight excluding hydrogens is 206 g/mol. The van der Waals surface area contributed by atoms with Crippen LogP contribution in [-0.4, -0.2) is 22.8 Å². The third kappa shape index (κ3) is 4.58. The number of benzene rings is 1. The highest BCUT2D eigenvalue weighted by Crippen LogP contribution is 2.08. The van der Waals surface area contributed by atoms with Gasteiger partial charge in [-0.05, 0) is 17.5 Å². The van der Waals surface area contributed by atoms with E-state index in [-0.39, 0.29) is 0 Å². The lowest BCUT2D eigenvalue weighted by molar-refractivity contribution is 0.676. The van der Waals surface area contributed by atoms with Gasteiger partial charge in [-0.25, -0.2) is 0 Å². The summed E-state index contributed by atoms with van der Waals surface area (Å²) in [6.45, 7) is 3.86. The number of rotatable bonds is 6. The van der Waals surface area contributed by atoms with Gasteiger partial charge in [-0.3, -0.25) is 4.21 Å². The summed E-state index contributed by atoms with van der Waals surface area (Å²) in [5, 5.41) is 3.31. The van der Waals surface area contributed by atoms with Crippen LogP contribution in [0.3, 0.4) is 0 Å². The molecule has 0 saturated heterocycles. The molecule has 1 aromatic rings. The van der Waals surface area contributed by atoms with Crippen LogP contribution < -0.4 is 5.32 Å². The van der Waals surface area contributed by atoms with E-state index in [4.69, 9.17) is 0 Å². The smallest absolute Gasteiger partial charge is 0.0357 e. The predicted molar refractivity (Wildman–Crippen MR) is 66.5 cm³/mol. The Labute approximate surface area is 94.5 Å². The van der Waals surface area contributed by atoms with Crippen molar-refractivity contribution in [1.29, 1.82) is 0 Å². The second kappa shape index (κ2) is 6.75. The molecule has 0 aromatic heterocycles. The second-order valence-electron chi connectivity index (χ2n) is 3.58. The minimum Gasteiger partial charge on any atom is -0.312 e. The zero-order valence-corrected chi connectivity index (χ0v) is 10.3. The summed E-state index contributed by atoms with van der Waals surface area (Å²) in [6.07, 6.45) is 2.80. The summed E-state index contributed by atoms with van der Waals surface area (Å²) >= 11 is 0. The molecule has 0 amide bonds. The molecule has 15 heavy (non-hydrogen) atoms. The third-order valence-corrected chi connectivity index (χ3v) is 3.16. The van der Waals surface area contributed by atoms with Gasteiger partial charge in [-0.15, -0.1) is 0 Å². The van der Waals surface area contributed by atoms with Crippen molar-refractivity contribution in [2.75, 3.05) is 18.6 Å². The summed E-state index contributed by atoms with van der Waals surface area (Å²) in [7, 11) is -0.693.